The number of carbonyl (C=O) groups excluding carboxylic acids is 2. The number of likely N-dealkylation sites (tertiary alicyclic amines) is 1. The van der Waals surface area contributed by atoms with E-state index in [1.54, 1.807) is 0 Å². The zero-order chi connectivity index (χ0) is 22.1. The summed E-state index contributed by atoms with van der Waals surface area (Å²) in [5.41, 5.74) is 4.03. The summed E-state index contributed by atoms with van der Waals surface area (Å²) in [4.78, 5) is 34.7. The number of amides is 3. The maximum Gasteiger partial charge on any atom is 0.326 e. The number of carbonyl (C=O) groups is 2. The van der Waals surface area contributed by atoms with Gasteiger partial charge in [-0.05, 0) is 95.1 Å². The highest BCUT2D eigenvalue weighted by Crippen LogP contribution is 2.33. The minimum absolute atomic E-state index is 0.0351. The van der Waals surface area contributed by atoms with Crippen molar-refractivity contribution in [3.05, 3.63) is 35.5 Å². The monoisotopic (exact) mass is 436 g/mol. The van der Waals surface area contributed by atoms with Crippen molar-refractivity contribution in [2.75, 3.05) is 32.7 Å². The number of aromatic amines is 1. The van der Waals surface area contributed by atoms with Crippen molar-refractivity contribution < 1.29 is 9.59 Å². The molecule has 1 atom stereocenters. The molecule has 4 heterocycles. The molecule has 172 valence electrons. The number of hydrogen-bond acceptors (Lipinski definition) is 3. The number of urea groups is 1. The van der Waals surface area contributed by atoms with E-state index in [4.69, 9.17) is 0 Å². The van der Waals surface area contributed by atoms with Crippen molar-refractivity contribution in [2.45, 2.75) is 70.3 Å². The van der Waals surface area contributed by atoms with Crippen LogP contribution in [-0.4, -0.2) is 70.4 Å². The quantitative estimate of drug-likeness (QED) is 0.671. The third-order valence-corrected chi connectivity index (χ3v) is 7.82. The molecule has 3 aliphatic heterocycles. The van der Waals surface area contributed by atoms with Gasteiger partial charge in [0.2, 0.25) is 5.91 Å². The lowest BCUT2D eigenvalue weighted by atomic mass is 9.89. The second-order valence-corrected chi connectivity index (χ2v) is 9.99. The van der Waals surface area contributed by atoms with Crippen LogP contribution >= 0.6 is 0 Å². The molecule has 3 fully saturated rings. The van der Waals surface area contributed by atoms with Crippen LogP contribution in [0, 0.1) is 6.92 Å². The van der Waals surface area contributed by atoms with Crippen LogP contribution in [0.25, 0.3) is 10.9 Å². The summed E-state index contributed by atoms with van der Waals surface area (Å²) in [7, 11) is 0. The Balaban J connectivity index is 1.07. The Bertz CT molecular complexity index is 975. The van der Waals surface area contributed by atoms with Crippen LogP contribution in [0.5, 0.6) is 0 Å². The molecule has 1 aromatic heterocycles. The lowest BCUT2D eigenvalue weighted by molar-refractivity contribution is -0.133. The highest BCUT2D eigenvalue weighted by molar-refractivity contribution is 5.97. The molecule has 3 aliphatic rings. The van der Waals surface area contributed by atoms with Gasteiger partial charge >= 0.3 is 6.03 Å². The van der Waals surface area contributed by atoms with Gasteiger partial charge in [-0.1, -0.05) is 11.6 Å². The average Bonchev–Trinajstić information content (AvgIpc) is 3.22. The Hall–Kier alpha value is -2.34. The number of nitrogens with zero attached hydrogens (tertiary/aromatic N) is 3. The summed E-state index contributed by atoms with van der Waals surface area (Å²) >= 11 is 0. The SMILES string of the molecule is Cc1ccc2[nH]cc(C3CCN(CCCCN4C(=O)CC5CCCCN5C4=O)CC3)c2c1. The lowest BCUT2D eigenvalue weighted by Gasteiger charge is -2.42. The van der Waals surface area contributed by atoms with Crippen molar-refractivity contribution in [3.8, 4) is 0 Å². The molecule has 0 radical (unpaired) electrons. The smallest absolute Gasteiger partial charge is 0.326 e. The molecule has 1 aromatic carbocycles. The van der Waals surface area contributed by atoms with Crippen LogP contribution in [0.1, 0.15) is 68.4 Å². The first-order valence-electron chi connectivity index (χ1n) is 12.5. The van der Waals surface area contributed by atoms with E-state index in [1.165, 1.54) is 39.8 Å². The van der Waals surface area contributed by atoms with Crippen LogP contribution in [-0.2, 0) is 4.79 Å². The molecule has 0 aliphatic carbocycles. The Labute approximate surface area is 190 Å². The number of H-pyrrole nitrogens is 1. The number of benzene rings is 1. The van der Waals surface area contributed by atoms with Gasteiger partial charge in [-0.15, -0.1) is 0 Å². The summed E-state index contributed by atoms with van der Waals surface area (Å²) in [5, 5.41) is 1.38. The van der Waals surface area contributed by atoms with Gasteiger partial charge in [0.05, 0.1) is 0 Å². The number of hydrogen-bond donors (Lipinski definition) is 1. The molecule has 3 amide bonds. The molecule has 0 saturated carbocycles. The number of nitrogens with one attached hydrogen (secondary N) is 1. The van der Waals surface area contributed by atoms with Gasteiger partial charge in [0, 0.05) is 42.7 Å². The van der Waals surface area contributed by atoms with E-state index in [0.717, 1.165) is 58.3 Å². The highest BCUT2D eigenvalue weighted by Gasteiger charge is 2.39. The number of imide groups is 1. The van der Waals surface area contributed by atoms with E-state index in [1.807, 2.05) is 4.90 Å². The van der Waals surface area contributed by atoms with Crippen molar-refractivity contribution in [1.29, 1.82) is 0 Å². The van der Waals surface area contributed by atoms with Gasteiger partial charge < -0.3 is 14.8 Å². The first kappa shape index (κ1) is 21.5. The fourth-order valence-corrected chi connectivity index (χ4v) is 5.93. The minimum atomic E-state index is -0.0410. The molecule has 6 nitrogen and oxygen atoms in total. The molecule has 32 heavy (non-hydrogen) atoms. The Kier molecular flexibility index (Phi) is 6.22. The lowest BCUT2D eigenvalue weighted by Crippen LogP contribution is -2.58. The van der Waals surface area contributed by atoms with Crippen LogP contribution < -0.4 is 0 Å². The summed E-state index contributed by atoms with van der Waals surface area (Å²) in [6.45, 7) is 6.86. The van der Waals surface area contributed by atoms with Crippen LogP contribution in [0.3, 0.4) is 0 Å². The summed E-state index contributed by atoms with van der Waals surface area (Å²) < 4.78 is 0. The van der Waals surface area contributed by atoms with E-state index in [9.17, 15) is 9.59 Å². The van der Waals surface area contributed by atoms with Gasteiger partial charge in [0.1, 0.15) is 0 Å². The maximum absolute atomic E-state index is 12.7. The van der Waals surface area contributed by atoms with Gasteiger partial charge in [-0.3, -0.25) is 9.69 Å². The summed E-state index contributed by atoms with van der Waals surface area (Å²) in [6, 6.07) is 6.78. The zero-order valence-corrected chi connectivity index (χ0v) is 19.3. The molecule has 0 bridgehead atoms. The molecule has 1 N–H and O–H groups in total. The summed E-state index contributed by atoms with van der Waals surface area (Å²) in [5.74, 6) is 0.663. The average molecular weight is 437 g/mol. The third kappa shape index (κ3) is 4.29. The van der Waals surface area contributed by atoms with Crippen molar-refractivity contribution in [3.63, 3.8) is 0 Å². The molecule has 2 aromatic rings. The van der Waals surface area contributed by atoms with E-state index in [-0.39, 0.29) is 18.0 Å². The highest BCUT2D eigenvalue weighted by atomic mass is 16.2. The van der Waals surface area contributed by atoms with Gasteiger partial charge in [-0.2, -0.15) is 0 Å². The minimum Gasteiger partial charge on any atom is -0.361 e. The van der Waals surface area contributed by atoms with Crippen molar-refractivity contribution in [2.24, 2.45) is 0 Å². The number of unbranched alkanes of at least 4 members (excludes halogenated alkanes) is 1. The predicted molar refractivity (Wildman–Crippen MR) is 127 cm³/mol. The van der Waals surface area contributed by atoms with Crippen molar-refractivity contribution >= 4 is 22.8 Å². The Morgan fingerprint density at radius 2 is 1.81 bits per heavy atom. The number of aromatic nitrogens is 1. The van der Waals surface area contributed by atoms with Crippen LogP contribution in [0.4, 0.5) is 4.79 Å². The number of rotatable bonds is 6. The molecule has 3 saturated heterocycles. The molecular formula is C26H36N4O2. The number of fused-ring (bicyclic) bond motifs is 2. The van der Waals surface area contributed by atoms with Crippen LogP contribution in [0.2, 0.25) is 0 Å². The third-order valence-electron chi connectivity index (χ3n) is 7.82. The van der Waals surface area contributed by atoms with Gasteiger partial charge in [-0.25, -0.2) is 4.79 Å². The fourth-order valence-electron chi connectivity index (χ4n) is 5.93. The first-order chi connectivity index (χ1) is 15.6. The topological polar surface area (TPSA) is 59.7 Å². The second kappa shape index (κ2) is 9.26. The van der Waals surface area contributed by atoms with E-state index < -0.39 is 0 Å². The van der Waals surface area contributed by atoms with E-state index >= 15 is 0 Å². The fraction of sp³-hybridized carbons (Fsp3) is 0.615. The molecule has 0 spiro atoms. The first-order valence-corrected chi connectivity index (χ1v) is 12.5. The molecular weight excluding hydrogens is 400 g/mol. The van der Waals surface area contributed by atoms with Crippen molar-refractivity contribution in [1.82, 2.24) is 19.7 Å². The Morgan fingerprint density at radius 1 is 1.00 bits per heavy atom. The second-order valence-electron chi connectivity index (χ2n) is 9.99. The molecule has 1 unspecified atom stereocenters. The number of piperidine rings is 2. The van der Waals surface area contributed by atoms with Gasteiger partial charge in [0.15, 0.2) is 0 Å². The zero-order valence-electron chi connectivity index (χ0n) is 19.3. The van der Waals surface area contributed by atoms with E-state index in [2.05, 4.69) is 41.2 Å². The normalized spacial score (nSPS) is 23.2. The van der Waals surface area contributed by atoms with Crippen LogP contribution in [0.15, 0.2) is 24.4 Å². The maximum atomic E-state index is 12.7. The molecule has 6 heteroatoms. The van der Waals surface area contributed by atoms with Gasteiger partial charge in [0.25, 0.3) is 0 Å². The Morgan fingerprint density at radius 3 is 2.66 bits per heavy atom. The number of aryl methyl sites for hydroxylation is 1. The van der Waals surface area contributed by atoms with E-state index in [0.29, 0.717) is 18.9 Å². The largest absolute Gasteiger partial charge is 0.361 e. The standard InChI is InChI=1S/C26H36N4O2/c1-19-7-8-24-22(16-19)23(18-27-24)20-9-14-28(15-10-20)11-4-5-13-30-25(31)17-21-6-2-3-12-29(21)26(30)32/h7-8,16,18,20-21,27H,2-6,9-15,17H2,1H3. The molecule has 5 rings (SSSR count). The predicted octanol–water partition coefficient (Wildman–Crippen LogP) is 4.64. The summed E-state index contributed by atoms with van der Waals surface area (Å²) in [6.07, 6.45) is 10.3.